The van der Waals surface area contributed by atoms with Crippen molar-refractivity contribution < 1.29 is 14.3 Å². The molecule has 0 saturated carbocycles. The second kappa shape index (κ2) is 5.92. The maximum Gasteiger partial charge on any atom is 0.255 e. The highest BCUT2D eigenvalue weighted by molar-refractivity contribution is 7.14. The van der Waals surface area contributed by atoms with E-state index in [1.165, 1.54) is 11.3 Å². The molecule has 1 aliphatic heterocycles. The number of thiophene rings is 1. The Hall–Kier alpha value is -2.78. The molecule has 0 saturated heterocycles. The van der Waals surface area contributed by atoms with E-state index in [1.54, 1.807) is 24.6 Å². The first kappa shape index (κ1) is 14.2. The molecule has 1 aromatic carbocycles. The number of carbonyl (C=O) groups is 1. The summed E-state index contributed by atoms with van der Waals surface area (Å²) in [4.78, 5) is 12.3. The lowest BCUT2D eigenvalue weighted by Crippen LogP contribution is -2.21. The molecule has 0 atom stereocenters. The molecule has 6 heteroatoms. The summed E-state index contributed by atoms with van der Waals surface area (Å²) in [5.74, 6) is 1.00. The largest absolute Gasteiger partial charge is 0.493 e. The Kier molecular flexibility index (Phi) is 3.81. The minimum Gasteiger partial charge on any atom is -0.493 e. The highest BCUT2D eigenvalue weighted by Gasteiger charge is 2.20. The van der Waals surface area contributed by atoms with Crippen molar-refractivity contribution in [2.75, 3.05) is 19.0 Å². The van der Waals surface area contributed by atoms with Crippen LogP contribution in [0.3, 0.4) is 0 Å². The summed E-state index contributed by atoms with van der Waals surface area (Å²) in [7, 11) is 1.57. The SMILES string of the molecule is COc1cccc2c1OCC(C(=O)Nc1sccc1C#N)=C2. The number of nitrogens with one attached hydrogen (secondary N) is 1. The van der Waals surface area contributed by atoms with E-state index in [0.29, 0.717) is 27.6 Å². The first-order chi connectivity index (χ1) is 10.7. The molecular weight excluding hydrogens is 300 g/mol. The van der Waals surface area contributed by atoms with Crippen molar-refractivity contribution in [2.24, 2.45) is 0 Å². The van der Waals surface area contributed by atoms with Crippen molar-refractivity contribution in [1.29, 1.82) is 5.26 Å². The normalized spacial score (nSPS) is 12.5. The molecule has 3 rings (SSSR count). The highest BCUT2D eigenvalue weighted by Crippen LogP contribution is 2.35. The molecule has 1 aromatic heterocycles. The molecule has 1 amide bonds. The molecule has 2 aromatic rings. The number of rotatable bonds is 3. The fourth-order valence-electron chi connectivity index (χ4n) is 2.15. The van der Waals surface area contributed by atoms with Gasteiger partial charge in [0.2, 0.25) is 0 Å². The summed E-state index contributed by atoms with van der Waals surface area (Å²) in [5.41, 5.74) is 1.75. The van der Waals surface area contributed by atoms with Gasteiger partial charge in [-0.05, 0) is 23.6 Å². The number of fused-ring (bicyclic) bond motifs is 1. The molecule has 0 unspecified atom stereocenters. The van der Waals surface area contributed by atoms with Gasteiger partial charge in [0.05, 0.1) is 18.2 Å². The Morgan fingerprint density at radius 3 is 3.09 bits per heavy atom. The first-order valence-electron chi connectivity index (χ1n) is 6.52. The second-order valence-electron chi connectivity index (χ2n) is 4.57. The van der Waals surface area contributed by atoms with Crippen LogP contribution in [0.4, 0.5) is 5.00 Å². The number of methoxy groups -OCH3 is 1. The lowest BCUT2D eigenvalue weighted by atomic mass is 10.1. The van der Waals surface area contributed by atoms with Crippen LogP contribution in [0.15, 0.2) is 35.2 Å². The minimum atomic E-state index is -0.271. The number of amides is 1. The fourth-order valence-corrected chi connectivity index (χ4v) is 2.88. The fraction of sp³-hybridized carbons (Fsp3) is 0.125. The summed E-state index contributed by atoms with van der Waals surface area (Å²) >= 11 is 1.32. The van der Waals surface area contributed by atoms with Crippen LogP contribution in [0.2, 0.25) is 0 Å². The third-order valence-corrected chi connectivity index (χ3v) is 4.07. The Labute approximate surface area is 131 Å². The van der Waals surface area contributed by atoms with Gasteiger partial charge in [-0.1, -0.05) is 12.1 Å². The van der Waals surface area contributed by atoms with Gasteiger partial charge in [0.1, 0.15) is 17.7 Å². The maximum atomic E-state index is 12.3. The van der Waals surface area contributed by atoms with Crippen LogP contribution in [0, 0.1) is 11.3 Å². The number of ether oxygens (including phenoxy) is 2. The number of benzene rings is 1. The highest BCUT2D eigenvalue weighted by atomic mass is 32.1. The van der Waals surface area contributed by atoms with Gasteiger partial charge in [0.25, 0.3) is 5.91 Å². The molecule has 0 aliphatic carbocycles. The van der Waals surface area contributed by atoms with Crippen molar-refractivity contribution in [2.45, 2.75) is 0 Å². The maximum absolute atomic E-state index is 12.3. The van der Waals surface area contributed by atoms with Crippen molar-refractivity contribution in [3.05, 3.63) is 46.3 Å². The smallest absolute Gasteiger partial charge is 0.255 e. The predicted octanol–water partition coefficient (Wildman–Crippen LogP) is 3.04. The number of hydrogen-bond donors (Lipinski definition) is 1. The van der Waals surface area contributed by atoms with E-state index in [-0.39, 0.29) is 12.5 Å². The summed E-state index contributed by atoms with van der Waals surface area (Å²) in [5, 5.41) is 14.0. The molecule has 0 fully saturated rings. The van der Waals surface area contributed by atoms with Crippen molar-refractivity contribution >= 4 is 28.3 Å². The zero-order chi connectivity index (χ0) is 15.5. The molecule has 1 aliphatic rings. The topological polar surface area (TPSA) is 71.3 Å². The van der Waals surface area contributed by atoms with E-state index in [2.05, 4.69) is 5.32 Å². The number of hydrogen-bond acceptors (Lipinski definition) is 5. The predicted molar refractivity (Wildman–Crippen MR) is 84.1 cm³/mol. The zero-order valence-electron chi connectivity index (χ0n) is 11.8. The average Bonchev–Trinajstić information content (AvgIpc) is 3.00. The van der Waals surface area contributed by atoms with Gasteiger partial charge in [0.15, 0.2) is 11.5 Å². The molecular formula is C16H12N2O3S. The first-order valence-corrected chi connectivity index (χ1v) is 7.40. The van der Waals surface area contributed by atoms with E-state index in [4.69, 9.17) is 14.7 Å². The summed E-state index contributed by atoms with van der Waals surface area (Å²) in [6.07, 6.45) is 1.77. The third kappa shape index (κ3) is 2.54. The molecule has 0 spiro atoms. The Bertz CT molecular complexity index is 802. The van der Waals surface area contributed by atoms with Crippen molar-refractivity contribution in [3.63, 3.8) is 0 Å². The summed E-state index contributed by atoms with van der Waals surface area (Å²) < 4.78 is 10.9. The van der Waals surface area contributed by atoms with Gasteiger partial charge in [-0.2, -0.15) is 5.26 Å². The van der Waals surface area contributed by atoms with Gasteiger partial charge >= 0.3 is 0 Å². The molecule has 0 bridgehead atoms. The van der Waals surface area contributed by atoms with Crippen molar-refractivity contribution in [1.82, 2.24) is 0 Å². The van der Waals surface area contributed by atoms with Crippen LogP contribution in [-0.4, -0.2) is 19.6 Å². The van der Waals surface area contributed by atoms with Gasteiger partial charge in [-0.25, -0.2) is 0 Å². The lowest BCUT2D eigenvalue weighted by molar-refractivity contribution is -0.113. The number of carbonyl (C=O) groups excluding carboxylic acids is 1. The zero-order valence-corrected chi connectivity index (χ0v) is 12.6. The molecule has 0 radical (unpaired) electrons. The number of anilines is 1. The molecule has 22 heavy (non-hydrogen) atoms. The van der Waals surface area contributed by atoms with Crippen LogP contribution >= 0.6 is 11.3 Å². The third-order valence-electron chi connectivity index (χ3n) is 3.24. The average molecular weight is 312 g/mol. The Morgan fingerprint density at radius 1 is 1.45 bits per heavy atom. The van der Waals surface area contributed by atoms with E-state index >= 15 is 0 Å². The van der Waals surface area contributed by atoms with Crippen LogP contribution in [0.5, 0.6) is 11.5 Å². The molecule has 1 N–H and O–H groups in total. The van der Waals surface area contributed by atoms with Gasteiger partial charge in [-0.15, -0.1) is 11.3 Å². The number of nitrogens with zero attached hydrogens (tertiary/aromatic N) is 1. The monoisotopic (exact) mass is 312 g/mol. The Morgan fingerprint density at radius 2 is 2.32 bits per heavy atom. The minimum absolute atomic E-state index is 0.159. The number of nitriles is 1. The van der Waals surface area contributed by atoms with E-state index in [1.807, 2.05) is 24.3 Å². The standard InChI is InChI=1S/C16H12N2O3S/c1-20-13-4-2-3-10-7-12(9-21-14(10)13)15(19)18-16-11(8-17)5-6-22-16/h2-7H,9H2,1H3,(H,18,19). The van der Waals surface area contributed by atoms with E-state index in [9.17, 15) is 4.79 Å². The van der Waals surface area contributed by atoms with Crippen LogP contribution in [0.25, 0.3) is 6.08 Å². The molecule has 110 valence electrons. The van der Waals surface area contributed by atoms with Gasteiger partial charge < -0.3 is 14.8 Å². The molecule has 2 heterocycles. The quantitative estimate of drug-likeness (QED) is 0.945. The van der Waals surface area contributed by atoms with Gasteiger partial charge in [-0.3, -0.25) is 4.79 Å². The van der Waals surface area contributed by atoms with Crippen LogP contribution in [-0.2, 0) is 4.79 Å². The summed E-state index contributed by atoms with van der Waals surface area (Å²) in [6, 6.07) is 9.22. The van der Waals surface area contributed by atoms with Gasteiger partial charge in [0, 0.05) is 5.56 Å². The number of para-hydroxylation sites is 1. The Balaban J connectivity index is 1.85. The van der Waals surface area contributed by atoms with Crippen molar-refractivity contribution in [3.8, 4) is 17.6 Å². The van der Waals surface area contributed by atoms with E-state index in [0.717, 1.165) is 5.56 Å². The van der Waals surface area contributed by atoms with Crippen LogP contribution < -0.4 is 14.8 Å². The molecule has 5 nitrogen and oxygen atoms in total. The lowest BCUT2D eigenvalue weighted by Gasteiger charge is -2.19. The van der Waals surface area contributed by atoms with Crippen LogP contribution in [0.1, 0.15) is 11.1 Å². The summed E-state index contributed by atoms with van der Waals surface area (Å²) in [6.45, 7) is 0.159. The second-order valence-corrected chi connectivity index (χ2v) is 5.48. The van der Waals surface area contributed by atoms with E-state index < -0.39 is 0 Å².